The van der Waals surface area contributed by atoms with Crippen LogP contribution in [-0.4, -0.2) is 43.6 Å². The van der Waals surface area contributed by atoms with E-state index in [1.165, 1.54) is 0 Å². The van der Waals surface area contributed by atoms with Crippen LogP contribution in [0, 0.1) is 0 Å². The largest absolute Gasteiger partial charge is 0.457 e. The lowest BCUT2D eigenvalue weighted by Crippen LogP contribution is -2.40. The van der Waals surface area contributed by atoms with Crippen molar-refractivity contribution < 1.29 is 16.4 Å². The zero-order valence-corrected chi connectivity index (χ0v) is 17.6. The monoisotopic (exact) mass is 445 g/mol. The minimum atomic E-state index is -2.83. The zero-order valence-electron chi connectivity index (χ0n) is 22.6. The molecule has 0 bridgehead atoms. The maximum Gasteiger partial charge on any atom is 0.246 e. The molecule has 1 aliphatic rings. The molecule has 3 heterocycles. The minimum absolute atomic E-state index is 0.0282. The quantitative estimate of drug-likeness (QED) is 0.462. The molecule has 166 valence electrons. The van der Waals surface area contributed by atoms with Crippen LogP contribution in [0.1, 0.15) is 25.7 Å². The summed E-state index contributed by atoms with van der Waals surface area (Å²) in [6, 6.07) is 13.4. The van der Waals surface area contributed by atoms with Crippen LogP contribution in [0.2, 0.25) is 0 Å². The minimum Gasteiger partial charge on any atom is -0.457 e. The zero-order chi connectivity index (χ0) is 27.3. The van der Waals surface area contributed by atoms with Crippen LogP contribution in [0.3, 0.4) is 0 Å². The van der Waals surface area contributed by atoms with Crippen LogP contribution in [-0.2, 0) is 4.79 Å². The number of aromatic nitrogens is 4. The van der Waals surface area contributed by atoms with Crippen LogP contribution in [0.15, 0.2) is 73.6 Å². The number of fused-ring (bicyclic) bond motifs is 1. The van der Waals surface area contributed by atoms with E-state index in [2.05, 4.69) is 21.6 Å². The topological polar surface area (TPSA) is 99.2 Å². The molecule has 1 saturated heterocycles. The Balaban J connectivity index is 1.66. The molecule has 0 unspecified atom stereocenters. The smallest absolute Gasteiger partial charge is 0.246 e. The number of para-hydroxylation sites is 1. The number of amides is 1. The maximum atomic E-state index is 12.5. The predicted octanol–water partition coefficient (Wildman–Crippen LogP) is 4.22. The average molecular weight is 446 g/mol. The second kappa shape index (κ2) is 8.74. The molecule has 8 heteroatoms. The Labute approximate surface area is 198 Å². The van der Waals surface area contributed by atoms with Gasteiger partial charge in [0.2, 0.25) is 5.91 Å². The number of nitrogens with zero attached hydrogens (tertiary/aromatic N) is 5. The Hall–Kier alpha value is -4.20. The molecular weight excluding hydrogens is 416 g/mol. The number of hydrogen-bond donors (Lipinski definition) is 1. The third-order valence-electron chi connectivity index (χ3n) is 5.12. The van der Waals surface area contributed by atoms with Gasteiger partial charge in [0.15, 0.2) is 5.65 Å². The van der Waals surface area contributed by atoms with Crippen molar-refractivity contribution in [2.75, 3.05) is 18.8 Å². The fourth-order valence-electron chi connectivity index (χ4n) is 3.55. The third-order valence-corrected chi connectivity index (χ3v) is 5.12. The van der Waals surface area contributed by atoms with E-state index in [-0.39, 0.29) is 35.5 Å². The van der Waals surface area contributed by atoms with Crippen LogP contribution >= 0.6 is 0 Å². The highest BCUT2D eigenvalue weighted by atomic mass is 16.5. The lowest BCUT2D eigenvalue weighted by molar-refractivity contribution is -0.127. The molecule has 0 aliphatic carbocycles. The molecule has 2 N–H and O–H groups in total. The standard InChI is InChI=1S/C25H24N6O2/c1-2-21(32)30-14-6-7-18(15-30)31-25-22(24(26)27-16-28-25)23(29-31)17-10-12-20(13-11-17)33-19-8-4-3-5-9-19/h2-5,8-13,16,18H,1,6-7,14-15H2,(H2,26,27,28)/t18-/m1/s1/i7D2,15D2,18D. The summed E-state index contributed by atoms with van der Waals surface area (Å²) in [4.78, 5) is 21.5. The Morgan fingerprint density at radius 3 is 2.70 bits per heavy atom. The van der Waals surface area contributed by atoms with Crippen molar-refractivity contribution >= 4 is 22.8 Å². The lowest BCUT2D eigenvalue weighted by atomic mass is 10.1. The number of piperidine rings is 1. The third kappa shape index (κ3) is 4.03. The number of carbonyl (C=O) groups is 1. The van der Waals surface area contributed by atoms with Crippen molar-refractivity contribution in [1.29, 1.82) is 0 Å². The van der Waals surface area contributed by atoms with Crippen LogP contribution in [0.4, 0.5) is 5.82 Å². The Kier molecular flexibility index (Phi) is 4.13. The maximum absolute atomic E-state index is 12.5. The summed E-state index contributed by atoms with van der Waals surface area (Å²) >= 11 is 0. The summed E-state index contributed by atoms with van der Waals surface area (Å²) in [6.07, 6.45) is -0.679. The van der Waals surface area contributed by atoms with Crippen molar-refractivity contribution in [3.8, 4) is 22.8 Å². The highest BCUT2D eigenvalue weighted by Gasteiger charge is 2.28. The molecule has 1 aliphatic heterocycles. The molecular formula is C25H24N6O2. The summed E-state index contributed by atoms with van der Waals surface area (Å²) in [5.74, 6) is 0.481. The molecule has 33 heavy (non-hydrogen) atoms. The van der Waals surface area contributed by atoms with Crippen molar-refractivity contribution in [3.63, 3.8) is 0 Å². The first-order valence-corrected chi connectivity index (χ1v) is 10.3. The van der Waals surface area contributed by atoms with Gasteiger partial charge < -0.3 is 15.4 Å². The Morgan fingerprint density at radius 2 is 1.94 bits per heavy atom. The van der Waals surface area contributed by atoms with Gasteiger partial charge in [-0.1, -0.05) is 24.8 Å². The van der Waals surface area contributed by atoms with Gasteiger partial charge in [-0.05, 0) is 55.3 Å². The van der Waals surface area contributed by atoms with E-state index in [9.17, 15) is 6.17 Å². The summed E-state index contributed by atoms with van der Waals surface area (Å²) in [5.41, 5.74) is 6.92. The Morgan fingerprint density at radius 1 is 1.18 bits per heavy atom. The van der Waals surface area contributed by atoms with Gasteiger partial charge >= 0.3 is 0 Å². The fraction of sp³-hybridized carbons (Fsp3) is 0.200. The highest BCUT2D eigenvalue weighted by molar-refractivity contribution is 5.98. The second-order valence-corrected chi connectivity index (χ2v) is 7.24. The summed E-state index contributed by atoms with van der Waals surface area (Å²) < 4.78 is 50.9. The summed E-state index contributed by atoms with van der Waals surface area (Å²) in [7, 11) is 0. The van der Waals surface area contributed by atoms with Gasteiger partial charge in [-0.25, -0.2) is 14.6 Å². The van der Waals surface area contributed by atoms with Gasteiger partial charge in [-0.3, -0.25) is 4.79 Å². The van der Waals surface area contributed by atoms with Crippen molar-refractivity contribution in [1.82, 2.24) is 24.6 Å². The number of carbonyl (C=O) groups excluding carboxylic acids is 1. The number of benzene rings is 2. The molecule has 8 nitrogen and oxygen atoms in total. The normalized spacial score (nSPS) is 23.5. The van der Waals surface area contributed by atoms with E-state index >= 15 is 0 Å². The molecule has 2 aromatic heterocycles. The molecule has 1 fully saturated rings. The summed E-state index contributed by atoms with van der Waals surface area (Å²) in [5, 5.41) is 4.73. The highest BCUT2D eigenvalue weighted by Crippen LogP contribution is 2.34. The Bertz CT molecular complexity index is 1530. The average Bonchev–Trinajstić information content (AvgIpc) is 3.29. The molecule has 0 saturated carbocycles. The van der Waals surface area contributed by atoms with Crippen LogP contribution in [0.25, 0.3) is 22.3 Å². The van der Waals surface area contributed by atoms with E-state index in [0.717, 1.165) is 22.0 Å². The van der Waals surface area contributed by atoms with E-state index < -0.39 is 24.8 Å². The number of hydrogen-bond acceptors (Lipinski definition) is 6. The molecule has 4 aromatic rings. The fourth-order valence-corrected chi connectivity index (χ4v) is 3.55. The second-order valence-electron chi connectivity index (χ2n) is 7.24. The van der Waals surface area contributed by atoms with E-state index in [0.29, 0.717) is 17.1 Å². The van der Waals surface area contributed by atoms with Gasteiger partial charge in [-0.2, -0.15) is 5.10 Å². The molecule has 0 spiro atoms. The first-order chi connectivity index (χ1) is 18.0. The predicted molar refractivity (Wildman–Crippen MR) is 127 cm³/mol. The molecule has 5 rings (SSSR count). The van der Waals surface area contributed by atoms with Gasteiger partial charge in [0.05, 0.1) is 15.5 Å². The SMILES string of the molecule is [2H]C1([2H])CCN(C(=O)C=C)C([2H])([2H])[C@]1([2H])n1nc(-c2ccc(Oc3ccccc3)cc2)c2c(N)ncnc21. The van der Waals surface area contributed by atoms with Gasteiger partial charge in [0.1, 0.15) is 29.3 Å². The molecule has 1 atom stereocenters. The van der Waals surface area contributed by atoms with Gasteiger partial charge in [0, 0.05) is 21.3 Å². The van der Waals surface area contributed by atoms with Crippen molar-refractivity contribution in [2.24, 2.45) is 0 Å². The number of ether oxygens (including phenoxy) is 1. The van der Waals surface area contributed by atoms with E-state index in [4.69, 9.17) is 16.0 Å². The van der Waals surface area contributed by atoms with Crippen LogP contribution in [0.5, 0.6) is 11.5 Å². The first kappa shape index (κ1) is 15.6. The number of nitrogens with two attached hydrogens (primary N) is 1. The van der Waals surface area contributed by atoms with Crippen LogP contribution < -0.4 is 10.5 Å². The summed E-state index contributed by atoms with van der Waals surface area (Å²) in [6.45, 7) is 0.346. The number of anilines is 1. The van der Waals surface area contributed by atoms with E-state index in [1.54, 1.807) is 24.3 Å². The molecule has 1 amide bonds. The van der Waals surface area contributed by atoms with Crippen molar-refractivity contribution in [3.05, 3.63) is 73.6 Å². The van der Waals surface area contributed by atoms with Crippen molar-refractivity contribution in [2.45, 2.75) is 18.8 Å². The first-order valence-electron chi connectivity index (χ1n) is 12.8. The number of nitrogen functional groups attached to an aromatic ring is 1. The lowest BCUT2D eigenvalue weighted by Gasteiger charge is -2.32. The van der Waals surface area contributed by atoms with E-state index in [1.807, 2.05) is 30.3 Å². The van der Waals surface area contributed by atoms with Gasteiger partial charge in [-0.15, -0.1) is 0 Å². The number of rotatable bonds is 5. The van der Waals surface area contributed by atoms with Gasteiger partial charge in [0.25, 0.3) is 0 Å². The number of likely N-dealkylation sites (tertiary alicyclic amines) is 1. The molecule has 0 radical (unpaired) electrons. The molecule has 2 aromatic carbocycles.